The van der Waals surface area contributed by atoms with E-state index in [2.05, 4.69) is 33.2 Å². The summed E-state index contributed by atoms with van der Waals surface area (Å²) >= 11 is 4.25. The Hall–Kier alpha value is -3.42. The van der Waals surface area contributed by atoms with Gasteiger partial charge in [0.25, 0.3) is 10.0 Å². The highest BCUT2D eigenvalue weighted by Crippen LogP contribution is 2.33. The van der Waals surface area contributed by atoms with Crippen molar-refractivity contribution in [2.45, 2.75) is 25.8 Å². The summed E-state index contributed by atoms with van der Waals surface area (Å²) in [5.41, 5.74) is 3.03. The second-order valence-corrected chi connectivity index (χ2v) is 11.3. The first-order valence-electron chi connectivity index (χ1n) is 11.7. The third kappa shape index (κ3) is 4.93. The highest BCUT2D eigenvalue weighted by Gasteiger charge is 2.32. The van der Waals surface area contributed by atoms with Crippen LogP contribution >= 0.6 is 12.6 Å². The summed E-state index contributed by atoms with van der Waals surface area (Å²) in [7, 11) is -2.06. The number of fused-ring (bicyclic) bond motifs is 1. The molecule has 5 rings (SSSR count). The first kappa shape index (κ1) is 25.2. The number of hydrogen-bond acceptors (Lipinski definition) is 9. The number of nitrogens with one attached hydrogen (secondary N) is 2. The third-order valence-electron chi connectivity index (χ3n) is 6.28. The van der Waals surface area contributed by atoms with Crippen molar-refractivity contribution < 1.29 is 17.2 Å². The number of imidazole rings is 1. The Kier molecular flexibility index (Phi) is 6.92. The van der Waals surface area contributed by atoms with Gasteiger partial charge in [-0.1, -0.05) is 0 Å². The number of aromatic nitrogens is 4. The van der Waals surface area contributed by atoms with Gasteiger partial charge in [0.15, 0.2) is 0 Å². The van der Waals surface area contributed by atoms with Crippen molar-refractivity contribution >= 4 is 34.4 Å². The van der Waals surface area contributed by atoms with Gasteiger partial charge in [0.2, 0.25) is 5.95 Å². The molecule has 1 aliphatic rings. The van der Waals surface area contributed by atoms with E-state index in [1.54, 1.807) is 49.0 Å². The molecule has 3 aromatic heterocycles. The van der Waals surface area contributed by atoms with Crippen LogP contribution in [-0.2, 0) is 10.0 Å². The summed E-state index contributed by atoms with van der Waals surface area (Å²) in [4.78, 5) is 13.6. The maximum absolute atomic E-state index is 13.5. The molecule has 1 fully saturated rings. The maximum atomic E-state index is 13.5. The molecule has 1 saturated heterocycles. The normalized spacial score (nSPS) is 17.6. The zero-order valence-electron chi connectivity index (χ0n) is 20.2. The number of thiol groups is 1. The SMILES string of the molecule is CN/C(C)=C(\S)S(=O)(=O)N1CCC[C@@H](Nc2nccc(-c3c(-c4ccc(F)cc4)nc4occn34)n2)C1. The zero-order chi connectivity index (χ0) is 26.2. The molecule has 4 heterocycles. The Bertz CT molecular complexity index is 1560. The summed E-state index contributed by atoms with van der Waals surface area (Å²) in [5.74, 6) is 0.397. The van der Waals surface area contributed by atoms with Crippen LogP contribution in [0.5, 0.6) is 0 Å². The van der Waals surface area contributed by atoms with Crippen LogP contribution < -0.4 is 10.6 Å². The van der Waals surface area contributed by atoms with Gasteiger partial charge in [-0.2, -0.15) is 9.29 Å². The van der Waals surface area contributed by atoms with E-state index >= 15 is 0 Å². The van der Waals surface area contributed by atoms with E-state index in [1.165, 1.54) is 22.7 Å². The van der Waals surface area contributed by atoms with E-state index in [1.807, 2.05) is 0 Å². The molecule has 2 N–H and O–H groups in total. The molecule has 194 valence electrons. The molecule has 0 aliphatic carbocycles. The fraction of sp³-hybridized carbons (Fsp3) is 0.292. The van der Waals surface area contributed by atoms with Crippen molar-refractivity contribution in [2.24, 2.45) is 0 Å². The number of halogens is 1. The second kappa shape index (κ2) is 10.1. The van der Waals surface area contributed by atoms with Crippen molar-refractivity contribution in [1.82, 2.24) is 29.0 Å². The van der Waals surface area contributed by atoms with Gasteiger partial charge in [0, 0.05) is 49.8 Å². The molecule has 4 aromatic rings. The minimum Gasteiger partial charge on any atom is -0.432 e. The van der Waals surface area contributed by atoms with Crippen LogP contribution in [0.1, 0.15) is 19.8 Å². The van der Waals surface area contributed by atoms with Gasteiger partial charge in [0.05, 0.1) is 5.69 Å². The first-order chi connectivity index (χ1) is 17.8. The third-order valence-corrected chi connectivity index (χ3v) is 9.11. The fourth-order valence-electron chi connectivity index (χ4n) is 4.28. The zero-order valence-corrected chi connectivity index (χ0v) is 21.9. The number of benzene rings is 1. The summed E-state index contributed by atoms with van der Waals surface area (Å²) in [6.45, 7) is 2.35. The van der Waals surface area contributed by atoms with Gasteiger partial charge in [0.1, 0.15) is 27.7 Å². The summed E-state index contributed by atoms with van der Waals surface area (Å²) < 4.78 is 48.3. The average molecular weight is 544 g/mol. The molecule has 0 unspecified atom stereocenters. The van der Waals surface area contributed by atoms with E-state index in [0.29, 0.717) is 53.1 Å². The molecule has 0 radical (unpaired) electrons. The van der Waals surface area contributed by atoms with Gasteiger partial charge in [-0.25, -0.2) is 22.8 Å². The van der Waals surface area contributed by atoms with Crippen molar-refractivity contribution in [1.29, 1.82) is 0 Å². The number of hydrogen-bond donors (Lipinski definition) is 3. The molecule has 0 bridgehead atoms. The minimum absolute atomic E-state index is 0.00656. The Morgan fingerprint density at radius 1 is 1.22 bits per heavy atom. The van der Waals surface area contributed by atoms with Gasteiger partial charge in [-0.05, 0) is 50.1 Å². The lowest BCUT2D eigenvalue weighted by molar-refractivity contribution is 0.329. The van der Waals surface area contributed by atoms with E-state index in [4.69, 9.17) is 9.40 Å². The van der Waals surface area contributed by atoms with E-state index < -0.39 is 10.0 Å². The van der Waals surface area contributed by atoms with Gasteiger partial charge < -0.3 is 15.1 Å². The summed E-state index contributed by atoms with van der Waals surface area (Å²) in [6, 6.07) is 7.62. The van der Waals surface area contributed by atoms with Crippen LogP contribution in [0.25, 0.3) is 28.5 Å². The summed E-state index contributed by atoms with van der Waals surface area (Å²) in [6.07, 6.45) is 6.33. The number of rotatable bonds is 7. The molecule has 10 nitrogen and oxygen atoms in total. The Morgan fingerprint density at radius 2 is 2.00 bits per heavy atom. The van der Waals surface area contributed by atoms with Crippen LogP contribution in [0.2, 0.25) is 0 Å². The van der Waals surface area contributed by atoms with Crippen molar-refractivity contribution in [2.75, 3.05) is 25.5 Å². The van der Waals surface area contributed by atoms with Crippen molar-refractivity contribution in [3.63, 3.8) is 0 Å². The van der Waals surface area contributed by atoms with Crippen molar-refractivity contribution in [3.8, 4) is 22.6 Å². The van der Waals surface area contributed by atoms with Crippen LogP contribution in [-0.4, -0.2) is 58.3 Å². The predicted molar refractivity (Wildman–Crippen MR) is 142 cm³/mol. The molecule has 1 atom stereocenters. The lowest BCUT2D eigenvalue weighted by Crippen LogP contribution is -2.45. The number of oxazole rings is 1. The topological polar surface area (TPSA) is 118 Å². The van der Waals surface area contributed by atoms with Gasteiger partial charge >= 0.3 is 5.84 Å². The van der Waals surface area contributed by atoms with E-state index in [9.17, 15) is 12.8 Å². The molecular formula is C24H26FN7O3S2. The average Bonchev–Trinajstić information content (AvgIpc) is 3.50. The maximum Gasteiger partial charge on any atom is 0.306 e. The molecular weight excluding hydrogens is 517 g/mol. The lowest BCUT2D eigenvalue weighted by Gasteiger charge is -2.32. The molecule has 0 amide bonds. The molecule has 0 spiro atoms. The molecule has 1 aromatic carbocycles. The highest BCUT2D eigenvalue weighted by atomic mass is 32.3. The number of sulfonamides is 1. The van der Waals surface area contributed by atoms with Gasteiger partial charge in [-0.3, -0.25) is 4.40 Å². The van der Waals surface area contributed by atoms with E-state index in [0.717, 1.165) is 6.42 Å². The number of anilines is 1. The first-order valence-corrected chi connectivity index (χ1v) is 13.6. The molecule has 13 heteroatoms. The van der Waals surface area contributed by atoms with Crippen LogP contribution in [0.4, 0.5) is 10.3 Å². The second-order valence-electron chi connectivity index (χ2n) is 8.66. The predicted octanol–water partition coefficient (Wildman–Crippen LogP) is 3.73. The Morgan fingerprint density at radius 3 is 2.76 bits per heavy atom. The highest BCUT2D eigenvalue weighted by molar-refractivity contribution is 8.09. The van der Waals surface area contributed by atoms with E-state index in [-0.39, 0.29) is 22.6 Å². The number of nitrogens with zero attached hydrogens (tertiary/aromatic N) is 5. The Labute approximate surface area is 219 Å². The smallest absolute Gasteiger partial charge is 0.306 e. The van der Waals surface area contributed by atoms with Crippen LogP contribution in [0.15, 0.2) is 63.3 Å². The number of piperidine rings is 1. The largest absolute Gasteiger partial charge is 0.432 e. The van der Waals surface area contributed by atoms with Crippen LogP contribution in [0.3, 0.4) is 0 Å². The van der Waals surface area contributed by atoms with Crippen molar-refractivity contribution in [3.05, 3.63) is 64.7 Å². The molecule has 0 saturated carbocycles. The lowest BCUT2D eigenvalue weighted by atomic mass is 10.1. The number of allylic oxidation sites excluding steroid dienone is 1. The quantitative estimate of drug-likeness (QED) is 0.302. The molecule has 37 heavy (non-hydrogen) atoms. The standard InChI is InChI=1S/C24H26FN7O3S2/c1-15(26-2)22(36)37(33,34)31-11-3-4-18(14-31)28-23-27-10-9-19(29-23)21-20(16-5-7-17(25)8-6-16)30-24-32(21)12-13-35-24/h5-10,12-13,18,26,36H,3-4,11,14H2,1-2H3,(H,27,28,29)/b22-15+/t18-/m1/s1. The van der Waals surface area contributed by atoms with Crippen LogP contribution in [0, 0.1) is 5.82 Å². The van der Waals surface area contributed by atoms with Gasteiger partial charge in [-0.15, -0.1) is 12.6 Å². The Balaban J connectivity index is 1.43. The summed E-state index contributed by atoms with van der Waals surface area (Å²) in [5, 5.41) is 6.13. The molecule has 1 aliphatic heterocycles. The fourth-order valence-corrected chi connectivity index (χ4v) is 6.22. The monoisotopic (exact) mass is 543 g/mol. The minimum atomic E-state index is -3.71.